The number of aromatic nitrogens is 1. The number of hydrogen-bond acceptors (Lipinski definition) is 2. The van der Waals surface area contributed by atoms with Crippen LogP contribution in [0.2, 0.25) is 0 Å². The summed E-state index contributed by atoms with van der Waals surface area (Å²) in [5, 5.41) is 0. The van der Waals surface area contributed by atoms with Crippen LogP contribution in [0.4, 0.5) is 13.2 Å². The Morgan fingerprint density at radius 1 is 0.971 bits per heavy atom. The lowest BCUT2D eigenvalue weighted by molar-refractivity contribution is -0.137. The van der Waals surface area contributed by atoms with Crippen LogP contribution in [0.3, 0.4) is 0 Å². The molecular weight excluding hydrogens is 437 g/mol. The van der Waals surface area contributed by atoms with Gasteiger partial charge in [-0.05, 0) is 58.9 Å². The summed E-state index contributed by atoms with van der Waals surface area (Å²) in [6, 6.07) is 16.9. The van der Waals surface area contributed by atoms with E-state index in [1.807, 2.05) is 47.5 Å². The molecule has 0 aliphatic carbocycles. The Labute approximate surface area is 198 Å². The van der Waals surface area contributed by atoms with Gasteiger partial charge in [0.2, 0.25) is 0 Å². The fraction of sp³-hybridized carbons (Fsp3) is 0.357. The molecule has 1 amide bonds. The molecule has 0 bridgehead atoms. The third kappa shape index (κ3) is 5.16. The minimum absolute atomic E-state index is 0.000205. The van der Waals surface area contributed by atoms with Crippen LogP contribution in [0.1, 0.15) is 71.6 Å². The second-order valence-corrected chi connectivity index (χ2v) is 10.1. The van der Waals surface area contributed by atoms with Gasteiger partial charge in [0.05, 0.1) is 5.56 Å². The molecule has 1 aromatic heterocycles. The van der Waals surface area contributed by atoms with E-state index in [0.717, 1.165) is 35.2 Å². The van der Waals surface area contributed by atoms with Gasteiger partial charge in [0.15, 0.2) is 0 Å². The van der Waals surface area contributed by atoms with E-state index in [2.05, 4.69) is 25.8 Å². The van der Waals surface area contributed by atoms with Gasteiger partial charge in [-0.25, -0.2) is 0 Å². The van der Waals surface area contributed by atoms with Crippen molar-refractivity contribution in [1.29, 1.82) is 0 Å². The van der Waals surface area contributed by atoms with Gasteiger partial charge in [-0.2, -0.15) is 13.2 Å². The molecule has 2 unspecified atom stereocenters. The average Bonchev–Trinajstić information content (AvgIpc) is 3.29. The Morgan fingerprint density at radius 2 is 1.59 bits per heavy atom. The lowest BCUT2D eigenvalue weighted by atomic mass is 9.72. The number of hydrogen-bond donors (Lipinski definition) is 0. The summed E-state index contributed by atoms with van der Waals surface area (Å²) in [6.45, 7) is 7.57. The summed E-state index contributed by atoms with van der Waals surface area (Å²) < 4.78 is 39.0. The number of carbonyl (C=O) groups excluding carboxylic acids is 1. The number of halogens is 3. The minimum Gasteiger partial charge on any atom is -0.338 e. The van der Waals surface area contributed by atoms with Crippen LogP contribution < -0.4 is 0 Å². The molecule has 6 heteroatoms. The van der Waals surface area contributed by atoms with Gasteiger partial charge >= 0.3 is 6.18 Å². The summed E-state index contributed by atoms with van der Waals surface area (Å²) >= 11 is 0. The van der Waals surface area contributed by atoms with Gasteiger partial charge in [0.1, 0.15) is 0 Å². The number of alkyl halides is 3. The fourth-order valence-electron chi connectivity index (χ4n) is 4.89. The van der Waals surface area contributed by atoms with E-state index >= 15 is 0 Å². The van der Waals surface area contributed by atoms with E-state index < -0.39 is 11.7 Å². The smallest absolute Gasteiger partial charge is 0.338 e. The third-order valence-corrected chi connectivity index (χ3v) is 6.56. The van der Waals surface area contributed by atoms with Gasteiger partial charge in [0, 0.05) is 42.9 Å². The predicted octanol–water partition coefficient (Wildman–Crippen LogP) is 6.91. The van der Waals surface area contributed by atoms with Crippen LogP contribution in [0.15, 0.2) is 73.1 Å². The van der Waals surface area contributed by atoms with E-state index in [1.54, 1.807) is 18.3 Å². The summed E-state index contributed by atoms with van der Waals surface area (Å²) in [5.41, 5.74) is 2.68. The molecule has 34 heavy (non-hydrogen) atoms. The van der Waals surface area contributed by atoms with Crippen molar-refractivity contribution in [1.82, 2.24) is 9.88 Å². The molecule has 0 N–H and O–H groups in total. The normalized spacial score (nSPS) is 17.6. The highest BCUT2D eigenvalue weighted by Crippen LogP contribution is 2.41. The zero-order chi connectivity index (χ0) is 24.5. The number of pyridine rings is 1. The molecule has 1 saturated heterocycles. The highest BCUT2D eigenvalue weighted by Gasteiger charge is 2.33. The van der Waals surface area contributed by atoms with Crippen molar-refractivity contribution in [3.8, 4) is 0 Å². The van der Waals surface area contributed by atoms with Crippen molar-refractivity contribution in [2.75, 3.05) is 13.1 Å². The van der Waals surface area contributed by atoms with Crippen molar-refractivity contribution >= 4 is 5.91 Å². The number of benzene rings is 2. The summed E-state index contributed by atoms with van der Waals surface area (Å²) in [7, 11) is 0. The van der Waals surface area contributed by atoms with Crippen molar-refractivity contribution in [2.24, 2.45) is 5.41 Å². The lowest BCUT2D eigenvalue weighted by Crippen LogP contribution is -2.28. The molecule has 2 aromatic carbocycles. The summed E-state index contributed by atoms with van der Waals surface area (Å²) in [6.07, 6.45) is 0.165. The monoisotopic (exact) mass is 466 g/mol. The highest BCUT2D eigenvalue weighted by atomic mass is 19.4. The Balaban J connectivity index is 1.52. The predicted molar refractivity (Wildman–Crippen MR) is 127 cm³/mol. The SMILES string of the molecule is CC(C)(C)C(c1ccc(C(=O)N2CCC(c3cccnc3)C2)cc1)c1ccc(C(F)(F)F)cc1. The molecular formula is C28H29F3N2O. The number of nitrogens with zero attached hydrogens (tertiary/aromatic N) is 2. The van der Waals surface area contributed by atoms with E-state index in [-0.39, 0.29) is 17.2 Å². The van der Waals surface area contributed by atoms with Gasteiger partial charge < -0.3 is 4.90 Å². The molecule has 2 atom stereocenters. The van der Waals surface area contributed by atoms with Crippen LogP contribution in [0.25, 0.3) is 0 Å². The average molecular weight is 467 g/mol. The standard InChI is InChI=1S/C28H29F3N2O/c1-27(2,3)25(20-10-12-24(13-11-20)28(29,30)31)19-6-8-21(9-7-19)26(34)33-16-14-23(18-33)22-5-4-15-32-17-22/h4-13,15,17,23,25H,14,16,18H2,1-3H3. The Morgan fingerprint density at radius 3 is 2.12 bits per heavy atom. The van der Waals surface area contributed by atoms with E-state index in [4.69, 9.17) is 0 Å². The van der Waals surface area contributed by atoms with Gasteiger partial charge in [-0.3, -0.25) is 9.78 Å². The van der Waals surface area contributed by atoms with Crippen LogP contribution in [0, 0.1) is 5.41 Å². The molecule has 1 aliphatic heterocycles. The molecule has 4 rings (SSSR count). The lowest BCUT2D eigenvalue weighted by Gasteiger charge is -2.32. The molecule has 0 saturated carbocycles. The van der Waals surface area contributed by atoms with Crippen molar-refractivity contribution < 1.29 is 18.0 Å². The zero-order valence-corrected chi connectivity index (χ0v) is 19.6. The first-order valence-electron chi connectivity index (χ1n) is 11.5. The number of amides is 1. The second kappa shape index (κ2) is 9.24. The summed E-state index contributed by atoms with van der Waals surface area (Å²) in [4.78, 5) is 19.2. The molecule has 0 radical (unpaired) electrons. The number of rotatable bonds is 4. The quantitative estimate of drug-likeness (QED) is 0.419. The maximum Gasteiger partial charge on any atom is 0.416 e. The molecule has 1 fully saturated rings. The van der Waals surface area contributed by atoms with Crippen LogP contribution in [-0.2, 0) is 6.18 Å². The first-order valence-corrected chi connectivity index (χ1v) is 11.5. The van der Waals surface area contributed by atoms with Gasteiger partial charge in [-0.15, -0.1) is 0 Å². The largest absolute Gasteiger partial charge is 0.416 e. The van der Waals surface area contributed by atoms with Crippen molar-refractivity contribution in [2.45, 2.75) is 45.2 Å². The zero-order valence-electron chi connectivity index (χ0n) is 19.6. The first-order chi connectivity index (χ1) is 16.0. The Kier molecular flexibility index (Phi) is 6.52. The van der Waals surface area contributed by atoms with E-state index in [1.165, 1.54) is 0 Å². The minimum atomic E-state index is -4.36. The maximum atomic E-state index is 13.1. The molecule has 0 spiro atoms. The fourth-order valence-corrected chi connectivity index (χ4v) is 4.89. The van der Waals surface area contributed by atoms with Gasteiger partial charge in [-0.1, -0.05) is 51.1 Å². The number of likely N-dealkylation sites (tertiary alicyclic amines) is 1. The van der Waals surface area contributed by atoms with Crippen molar-refractivity contribution in [3.63, 3.8) is 0 Å². The van der Waals surface area contributed by atoms with Crippen LogP contribution in [-0.4, -0.2) is 28.9 Å². The molecule has 178 valence electrons. The van der Waals surface area contributed by atoms with E-state index in [9.17, 15) is 18.0 Å². The van der Waals surface area contributed by atoms with Crippen molar-refractivity contribution in [3.05, 3.63) is 101 Å². The topological polar surface area (TPSA) is 33.2 Å². The molecule has 2 heterocycles. The Hall–Kier alpha value is -3.15. The van der Waals surface area contributed by atoms with Crippen LogP contribution >= 0.6 is 0 Å². The highest BCUT2D eigenvalue weighted by molar-refractivity contribution is 5.94. The molecule has 1 aliphatic rings. The molecule has 3 nitrogen and oxygen atoms in total. The molecule has 3 aromatic rings. The van der Waals surface area contributed by atoms with Gasteiger partial charge in [0.25, 0.3) is 5.91 Å². The first kappa shape index (κ1) is 24.0. The van der Waals surface area contributed by atoms with Crippen LogP contribution in [0.5, 0.6) is 0 Å². The second-order valence-electron chi connectivity index (χ2n) is 10.1. The maximum absolute atomic E-state index is 13.1. The summed E-state index contributed by atoms with van der Waals surface area (Å²) in [5.74, 6) is 0.183. The van der Waals surface area contributed by atoms with E-state index in [0.29, 0.717) is 24.6 Å². The Bertz CT molecular complexity index is 1120. The number of carbonyl (C=O) groups is 1. The third-order valence-electron chi connectivity index (χ3n) is 6.56.